The Balaban J connectivity index is 1.32. The lowest BCUT2D eigenvalue weighted by molar-refractivity contribution is -0.385. The molecule has 0 spiro atoms. The number of nitro groups is 1. The molecule has 28 heavy (non-hydrogen) atoms. The Morgan fingerprint density at radius 2 is 1.82 bits per heavy atom. The number of fused-ring (bicyclic) bond motifs is 3. The minimum absolute atomic E-state index is 0.0293. The first-order chi connectivity index (χ1) is 13.4. The first kappa shape index (κ1) is 17.6. The van der Waals surface area contributed by atoms with Gasteiger partial charge < -0.3 is 9.80 Å². The van der Waals surface area contributed by atoms with Crippen molar-refractivity contribution in [3.8, 4) is 0 Å². The molecular formula is C21H25N3O4. The Hall–Kier alpha value is -2.44. The number of benzene rings is 1. The van der Waals surface area contributed by atoms with E-state index in [0.717, 1.165) is 38.0 Å². The maximum atomic E-state index is 13.3. The highest BCUT2D eigenvalue weighted by atomic mass is 16.6. The third-order valence-electron chi connectivity index (χ3n) is 7.49. The van der Waals surface area contributed by atoms with Gasteiger partial charge in [-0.25, -0.2) is 0 Å². The van der Waals surface area contributed by atoms with Crippen molar-refractivity contribution in [1.82, 2.24) is 9.80 Å². The van der Waals surface area contributed by atoms with E-state index < -0.39 is 4.92 Å². The van der Waals surface area contributed by atoms with Gasteiger partial charge in [-0.3, -0.25) is 19.7 Å². The molecule has 4 bridgehead atoms. The van der Waals surface area contributed by atoms with E-state index in [4.69, 9.17) is 0 Å². The highest BCUT2D eigenvalue weighted by Gasteiger charge is 2.59. The molecule has 0 N–H and O–H groups in total. The molecule has 2 atom stereocenters. The van der Waals surface area contributed by atoms with Gasteiger partial charge in [-0.1, -0.05) is 0 Å². The Kier molecular flexibility index (Phi) is 3.80. The Morgan fingerprint density at radius 1 is 1.14 bits per heavy atom. The summed E-state index contributed by atoms with van der Waals surface area (Å²) in [6.45, 7) is 2.79. The van der Waals surface area contributed by atoms with Crippen LogP contribution in [0.25, 0.3) is 0 Å². The van der Waals surface area contributed by atoms with Crippen LogP contribution in [0.3, 0.4) is 0 Å². The van der Waals surface area contributed by atoms with E-state index in [-0.39, 0.29) is 29.1 Å². The van der Waals surface area contributed by atoms with E-state index in [1.807, 2.05) is 4.90 Å². The Bertz CT molecular complexity index is 857. The van der Waals surface area contributed by atoms with Gasteiger partial charge in [0.2, 0.25) is 5.91 Å². The van der Waals surface area contributed by atoms with E-state index in [1.165, 1.54) is 12.5 Å². The molecule has 148 valence electrons. The molecule has 0 unspecified atom stereocenters. The summed E-state index contributed by atoms with van der Waals surface area (Å²) in [6.07, 6.45) is 6.27. The topological polar surface area (TPSA) is 83.8 Å². The van der Waals surface area contributed by atoms with Crippen LogP contribution in [-0.4, -0.2) is 51.7 Å². The molecule has 1 aromatic carbocycles. The summed E-state index contributed by atoms with van der Waals surface area (Å²) in [6, 6.07) is 4.78. The minimum atomic E-state index is -0.429. The second kappa shape index (κ2) is 6.03. The van der Waals surface area contributed by atoms with Crippen molar-refractivity contribution in [2.75, 3.05) is 13.1 Å². The summed E-state index contributed by atoms with van der Waals surface area (Å²) in [4.78, 5) is 40.8. The van der Waals surface area contributed by atoms with Crippen molar-refractivity contribution < 1.29 is 14.5 Å². The summed E-state index contributed by atoms with van der Waals surface area (Å²) in [5, 5.41) is 11.0. The van der Waals surface area contributed by atoms with Crippen molar-refractivity contribution in [3.63, 3.8) is 0 Å². The molecule has 2 heterocycles. The van der Waals surface area contributed by atoms with Crippen molar-refractivity contribution >= 4 is 17.5 Å². The first-order valence-electron chi connectivity index (χ1n) is 10.2. The van der Waals surface area contributed by atoms with Gasteiger partial charge in [-0.2, -0.15) is 0 Å². The van der Waals surface area contributed by atoms with Crippen LogP contribution in [0.4, 0.5) is 5.69 Å². The minimum Gasteiger partial charge on any atom is -0.335 e. The molecule has 2 aliphatic heterocycles. The lowest BCUT2D eigenvalue weighted by Gasteiger charge is -2.47. The number of carbonyl (C=O) groups is 2. The van der Waals surface area contributed by atoms with E-state index >= 15 is 0 Å². The fraction of sp³-hybridized carbons (Fsp3) is 0.619. The third kappa shape index (κ3) is 2.48. The third-order valence-corrected chi connectivity index (χ3v) is 7.49. The summed E-state index contributed by atoms with van der Waals surface area (Å²) >= 11 is 0. The lowest BCUT2D eigenvalue weighted by atomic mass is 9.68. The molecular weight excluding hydrogens is 358 g/mol. The van der Waals surface area contributed by atoms with E-state index in [2.05, 4.69) is 4.90 Å². The van der Waals surface area contributed by atoms with Gasteiger partial charge in [-0.15, -0.1) is 0 Å². The molecule has 2 amide bonds. The molecule has 7 heteroatoms. The van der Waals surface area contributed by atoms with Gasteiger partial charge in [-0.05, 0) is 63.5 Å². The van der Waals surface area contributed by atoms with Crippen molar-refractivity contribution in [2.45, 2.75) is 57.5 Å². The molecule has 3 saturated carbocycles. The average molecular weight is 383 g/mol. The van der Waals surface area contributed by atoms with Crippen LogP contribution >= 0.6 is 0 Å². The number of aryl methyl sites for hydroxylation is 1. The number of amides is 2. The van der Waals surface area contributed by atoms with Gasteiger partial charge >= 0.3 is 0 Å². The molecule has 3 aliphatic carbocycles. The van der Waals surface area contributed by atoms with E-state index in [9.17, 15) is 19.7 Å². The average Bonchev–Trinajstić information content (AvgIpc) is 3.32. The predicted octanol–water partition coefficient (Wildman–Crippen LogP) is 2.91. The highest BCUT2D eigenvalue weighted by molar-refractivity contribution is 5.95. The largest absolute Gasteiger partial charge is 0.335 e. The van der Waals surface area contributed by atoms with Crippen LogP contribution in [0.5, 0.6) is 0 Å². The highest BCUT2D eigenvalue weighted by Crippen LogP contribution is 2.60. The molecule has 6 rings (SSSR count). The molecule has 0 radical (unpaired) electrons. The number of hydrogen-bond acceptors (Lipinski definition) is 4. The number of nitro benzene ring substituents is 1. The smallest absolute Gasteiger partial charge is 0.272 e. The van der Waals surface area contributed by atoms with Crippen molar-refractivity contribution in [1.29, 1.82) is 0 Å². The Labute approximate surface area is 163 Å². The molecule has 2 saturated heterocycles. The zero-order valence-electron chi connectivity index (χ0n) is 16.1. The zero-order valence-corrected chi connectivity index (χ0v) is 16.1. The summed E-state index contributed by atoms with van der Waals surface area (Å²) < 4.78 is 0. The Morgan fingerprint density at radius 3 is 2.36 bits per heavy atom. The number of piperazine rings is 1. The fourth-order valence-electron chi connectivity index (χ4n) is 6.07. The standard InChI is InChI=1S/C21H25N3O4/c1-13-8-15(2-5-18(13)24(27)28)19(25)22-11-16-3-4-17(12-22)23(16)20(26)21-7-6-14(9-21)10-21/h2,5,8,14,16-17H,3-4,6-7,9-12H2,1H3/t14?,16-,17+,21?. The van der Waals surface area contributed by atoms with Gasteiger partial charge in [0.1, 0.15) is 0 Å². The summed E-state index contributed by atoms with van der Waals surface area (Å²) in [7, 11) is 0. The second-order valence-corrected chi connectivity index (χ2v) is 9.16. The first-order valence-corrected chi connectivity index (χ1v) is 10.2. The normalized spacial score (nSPS) is 33.0. The van der Waals surface area contributed by atoms with Crippen LogP contribution in [0.1, 0.15) is 54.4 Å². The van der Waals surface area contributed by atoms with Gasteiger partial charge in [0.15, 0.2) is 0 Å². The van der Waals surface area contributed by atoms with Crippen LogP contribution in [0.15, 0.2) is 18.2 Å². The van der Waals surface area contributed by atoms with Crippen LogP contribution in [-0.2, 0) is 4.79 Å². The number of carbonyl (C=O) groups excluding carboxylic acids is 2. The van der Waals surface area contributed by atoms with Crippen molar-refractivity contribution in [3.05, 3.63) is 39.4 Å². The van der Waals surface area contributed by atoms with E-state index in [0.29, 0.717) is 30.1 Å². The quantitative estimate of drug-likeness (QED) is 0.593. The summed E-state index contributed by atoms with van der Waals surface area (Å²) in [5.41, 5.74) is 0.917. The van der Waals surface area contributed by atoms with Gasteiger partial charge in [0, 0.05) is 47.8 Å². The van der Waals surface area contributed by atoms with Crippen molar-refractivity contribution in [2.24, 2.45) is 11.3 Å². The molecule has 0 aromatic heterocycles. The number of hydrogen-bond donors (Lipinski definition) is 0. The fourth-order valence-corrected chi connectivity index (χ4v) is 6.07. The molecule has 1 aromatic rings. The van der Waals surface area contributed by atoms with Gasteiger partial charge in [0.05, 0.1) is 4.92 Å². The number of nitrogens with zero attached hydrogens (tertiary/aromatic N) is 3. The predicted molar refractivity (Wildman–Crippen MR) is 102 cm³/mol. The monoisotopic (exact) mass is 383 g/mol. The van der Waals surface area contributed by atoms with Crippen LogP contribution in [0, 0.1) is 28.4 Å². The summed E-state index contributed by atoms with van der Waals surface area (Å²) in [5.74, 6) is 1.01. The van der Waals surface area contributed by atoms with Crippen LogP contribution in [0.2, 0.25) is 0 Å². The zero-order chi connectivity index (χ0) is 19.6. The maximum absolute atomic E-state index is 13.3. The second-order valence-electron chi connectivity index (χ2n) is 9.16. The number of likely N-dealkylation sites (tertiary alicyclic amines) is 1. The maximum Gasteiger partial charge on any atom is 0.272 e. The SMILES string of the molecule is Cc1cc(C(=O)N2C[C@H]3CC[C@@H](C2)N3C(=O)C23CCC(C2)C3)ccc1[N+](=O)[O-]. The van der Waals surface area contributed by atoms with Crippen LogP contribution < -0.4 is 0 Å². The number of rotatable bonds is 3. The molecule has 7 nitrogen and oxygen atoms in total. The van der Waals surface area contributed by atoms with Gasteiger partial charge in [0.25, 0.3) is 11.6 Å². The van der Waals surface area contributed by atoms with E-state index in [1.54, 1.807) is 19.1 Å². The molecule has 5 aliphatic rings. The molecule has 5 fully saturated rings. The lowest BCUT2D eigenvalue weighted by Crippen LogP contribution is -2.60.